The Morgan fingerprint density at radius 1 is 0.191 bits per heavy atom. The van der Waals surface area contributed by atoms with Crippen LogP contribution in [0.3, 0.4) is 0 Å². The van der Waals surface area contributed by atoms with Crippen LogP contribution in [0.5, 0.6) is 0 Å². The minimum absolute atomic E-state index is 8.79. The maximum Gasteiger partial charge on any atom is 0.384 e. The molecule has 0 saturated heterocycles. The van der Waals surface area contributed by atoms with E-state index in [2.05, 4.69) is 0 Å². The summed E-state index contributed by atoms with van der Waals surface area (Å²) in [7, 11) is 0. The van der Waals surface area contributed by atoms with Crippen LogP contribution >= 0.6 is 0 Å². The Bertz CT molecular complexity index is 1320. The zero-order valence-electron chi connectivity index (χ0n) is 19.8. The third kappa shape index (κ3) is 2.70. The van der Waals surface area contributed by atoms with Crippen molar-refractivity contribution in [3.63, 3.8) is 0 Å². The second kappa shape index (κ2) is 8.10. The first-order chi connectivity index (χ1) is 19.8. The highest BCUT2D eigenvalue weighted by Crippen LogP contribution is 2.84. The molecule has 0 bridgehead atoms. The van der Waals surface area contributed by atoms with Crippen molar-refractivity contribution in [2.24, 2.45) is 0 Å². The number of alkyl halides is 30. The molecule has 3 aliphatic rings. The van der Waals surface area contributed by atoms with Crippen LogP contribution in [0.25, 0.3) is 0 Å². The summed E-state index contributed by atoms with van der Waals surface area (Å²) in [5.41, 5.74) is -40.7. The van der Waals surface area contributed by atoms with Crippen LogP contribution in [0.4, 0.5) is 132 Å². The highest BCUT2D eigenvalue weighted by atomic mass is 19.4. The molecule has 3 saturated carbocycles. The van der Waals surface area contributed by atoms with E-state index in [4.69, 9.17) is 0 Å². The summed E-state index contributed by atoms with van der Waals surface area (Å²) >= 11 is 0. The van der Waals surface area contributed by atoms with Crippen LogP contribution < -0.4 is 0 Å². The Labute approximate surface area is 233 Å². The predicted molar refractivity (Wildman–Crippen MR) is 79.7 cm³/mol. The molecule has 278 valence electrons. The third-order valence-electron chi connectivity index (χ3n) is 7.96. The Balaban J connectivity index is 2.74. The lowest BCUT2D eigenvalue weighted by Gasteiger charge is -2.66. The Hall–Kier alpha value is -2.10. The number of halogens is 30. The summed E-state index contributed by atoms with van der Waals surface area (Å²) in [5.74, 6) is -125. The van der Waals surface area contributed by atoms with Gasteiger partial charge in [0.25, 0.3) is 11.3 Å². The molecule has 0 spiro atoms. The molecule has 0 N–H and O–H groups in total. The number of rotatable bonds is 2. The normalized spacial score (nSPS) is 41.7. The minimum atomic E-state index is -10.6. The Morgan fingerprint density at radius 2 is 0.340 bits per heavy atom. The van der Waals surface area contributed by atoms with Crippen LogP contribution in [0, 0.1) is 0 Å². The molecule has 0 amide bonds. The lowest BCUT2D eigenvalue weighted by molar-refractivity contribution is -0.573. The van der Waals surface area contributed by atoms with Crippen LogP contribution in [0.1, 0.15) is 0 Å². The highest BCUT2D eigenvalue weighted by Gasteiger charge is 3.19. The SMILES string of the molecule is FC1(F)C(F)(F)C(F)(F)C(F)(C(F)(F)[C@@]2(F)C(F)(F)C(F)(F)[C@@]3(F)C(F)(F)C(F)(F)C(F)(F)C(F)(F)[C@]3(F)C2(F)F)C(F)(F)C1(F)F. The molecule has 30 heteroatoms. The fourth-order valence-electron chi connectivity index (χ4n) is 5.20. The molecule has 0 unspecified atom stereocenters. The van der Waals surface area contributed by atoms with Crippen molar-refractivity contribution in [1.29, 1.82) is 0 Å². The van der Waals surface area contributed by atoms with Crippen molar-refractivity contribution in [3.8, 4) is 0 Å². The first-order valence-corrected chi connectivity index (χ1v) is 10.4. The third-order valence-corrected chi connectivity index (χ3v) is 7.96. The van der Waals surface area contributed by atoms with Gasteiger partial charge in [0.15, 0.2) is 0 Å². The summed E-state index contributed by atoms with van der Waals surface area (Å²) in [4.78, 5) is 0. The molecule has 0 aromatic carbocycles. The molecular formula is C17F30. The number of hydrogen-bond donors (Lipinski definition) is 0. The van der Waals surface area contributed by atoms with Gasteiger partial charge >= 0.3 is 88.3 Å². The molecule has 3 aliphatic carbocycles. The Kier molecular flexibility index (Phi) is 6.78. The molecule has 0 aromatic rings. The zero-order chi connectivity index (χ0) is 38.5. The molecule has 0 aromatic heterocycles. The summed E-state index contributed by atoms with van der Waals surface area (Å²) in [5, 5.41) is 0. The first kappa shape index (κ1) is 39.3. The summed E-state index contributed by atoms with van der Waals surface area (Å²) in [6.07, 6.45) is 0. The smallest absolute Gasteiger partial charge is 0.226 e. The lowest BCUT2D eigenvalue weighted by Crippen LogP contribution is -3.02. The molecule has 47 heavy (non-hydrogen) atoms. The summed E-state index contributed by atoms with van der Waals surface area (Å²) in [6.45, 7) is 0. The van der Waals surface area contributed by atoms with Gasteiger partial charge in [-0.1, -0.05) is 0 Å². The molecule has 0 aliphatic heterocycles. The predicted octanol–water partition coefficient (Wildman–Crippen LogP) is 9.12. The van der Waals surface area contributed by atoms with E-state index in [1.165, 1.54) is 0 Å². The fraction of sp³-hybridized carbons (Fsp3) is 1.00. The van der Waals surface area contributed by atoms with E-state index in [1.807, 2.05) is 0 Å². The van der Waals surface area contributed by atoms with Gasteiger partial charge in [-0.2, -0.15) is 114 Å². The van der Waals surface area contributed by atoms with Crippen LogP contribution in [-0.2, 0) is 0 Å². The Morgan fingerprint density at radius 3 is 0.617 bits per heavy atom. The van der Waals surface area contributed by atoms with E-state index in [-0.39, 0.29) is 0 Å². The molecule has 3 rings (SSSR count). The van der Waals surface area contributed by atoms with Gasteiger partial charge in [-0.3, -0.25) is 0 Å². The average Bonchev–Trinajstić information content (AvgIpc) is 2.87. The van der Waals surface area contributed by atoms with E-state index < -0.39 is 99.7 Å². The van der Waals surface area contributed by atoms with Crippen molar-refractivity contribution in [1.82, 2.24) is 0 Å². The van der Waals surface area contributed by atoms with Gasteiger partial charge < -0.3 is 0 Å². The standard InChI is InChI=1S/C17F30/c18-1-2(19,9(30,31)14(40,41)13(38,39)8(1,28)29)7(26,27)10(32,33)3(20,5(1,22)23)6(24,25)4(21)11(34,35)15(42,43)17(46,47)16(44,45)12(4,36)37/t1-,2-,3-/m1/s1. The van der Waals surface area contributed by atoms with Crippen molar-refractivity contribution in [2.75, 3.05) is 0 Å². The zero-order valence-corrected chi connectivity index (χ0v) is 19.8. The topological polar surface area (TPSA) is 0 Å². The quantitative estimate of drug-likeness (QED) is 0.246. The summed E-state index contributed by atoms with van der Waals surface area (Å²) < 4.78 is 426. The fourth-order valence-corrected chi connectivity index (χ4v) is 5.20. The maximum atomic E-state index is 15.3. The second-order valence-electron chi connectivity index (χ2n) is 10.1. The van der Waals surface area contributed by atoms with Gasteiger partial charge in [-0.25, -0.2) is 17.6 Å². The van der Waals surface area contributed by atoms with E-state index in [1.54, 1.807) is 0 Å². The van der Waals surface area contributed by atoms with E-state index in [9.17, 15) is 123 Å². The maximum absolute atomic E-state index is 15.3. The van der Waals surface area contributed by atoms with Gasteiger partial charge in [0, 0.05) is 0 Å². The number of fused-ring (bicyclic) bond motifs is 1. The highest BCUT2D eigenvalue weighted by molar-refractivity contribution is 5.47. The minimum Gasteiger partial charge on any atom is -0.226 e. The van der Waals surface area contributed by atoms with E-state index >= 15 is 8.78 Å². The van der Waals surface area contributed by atoms with Crippen molar-refractivity contribution in [3.05, 3.63) is 0 Å². The molecule has 0 heterocycles. The van der Waals surface area contributed by atoms with Crippen LogP contribution in [-0.4, -0.2) is 99.7 Å². The van der Waals surface area contributed by atoms with Gasteiger partial charge in [0.1, 0.15) is 0 Å². The van der Waals surface area contributed by atoms with E-state index in [0.717, 1.165) is 0 Å². The van der Waals surface area contributed by atoms with Crippen molar-refractivity contribution < 1.29 is 132 Å². The van der Waals surface area contributed by atoms with Crippen LogP contribution in [0.2, 0.25) is 0 Å². The first-order valence-electron chi connectivity index (χ1n) is 10.4. The van der Waals surface area contributed by atoms with Gasteiger partial charge in [-0.15, -0.1) is 0 Å². The molecule has 3 fully saturated rings. The lowest BCUT2D eigenvalue weighted by atomic mass is 9.49. The van der Waals surface area contributed by atoms with Gasteiger partial charge in [-0.05, 0) is 0 Å². The molecule has 0 nitrogen and oxygen atoms in total. The van der Waals surface area contributed by atoms with Crippen molar-refractivity contribution in [2.45, 2.75) is 99.7 Å². The van der Waals surface area contributed by atoms with E-state index in [0.29, 0.717) is 0 Å². The van der Waals surface area contributed by atoms with Gasteiger partial charge in [0.05, 0.1) is 0 Å². The second-order valence-corrected chi connectivity index (χ2v) is 10.1. The van der Waals surface area contributed by atoms with Gasteiger partial charge in [0.2, 0.25) is 0 Å². The monoisotopic (exact) mass is 774 g/mol. The average molecular weight is 774 g/mol. The largest absolute Gasteiger partial charge is 0.384 e. The molecular weight excluding hydrogens is 774 g/mol. The summed E-state index contributed by atoms with van der Waals surface area (Å²) in [6, 6.07) is 0. The molecule has 0 radical (unpaired) electrons. The number of hydrogen-bond acceptors (Lipinski definition) is 0. The molecule has 3 atom stereocenters. The van der Waals surface area contributed by atoms with Crippen LogP contribution in [0.15, 0.2) is 0 Å². The van der Waals surface area contributed by atoms with Crippen molar-refractivity contribution >= 4 is 0 Å².